The van der Waals surface area contributed by atoms with Crippen LogP contribution in [-0.2, 0) is 4.74 Å². The molecule has 1 aliphatic carbocycles. The predicted octanol–water partition coefficient (Wildman–Crippen LogP) is 3.24. The topological polar surface area (TPSA) is 12.5 Å². The summed E-state index contributed by atoms with van der Waals surface area (Å²) in [6.07, 6.45) is 5.26. The van der Waals surface area contributed by atoms with Crippen LogP contribution in [0.1, 0.15) is 47.0 Å². The third-order valence-corrected chi connectivity index (χ3v) is 3.43. The van der Waals surface area contributed by atoms with Gasteiger partial charge in [-0.2, -0.15) is 0 Å². The molecule has 0 bridgehead atoms. The molecule has 0 radical (unpaired) electrons. The maximum atomic E-state index is 5.73. The van der Waals surface area contributed by atoms with Gasteiger partial charge in [0, 0.05) is 0 Å². The summed E-state index contributed by atoms with van der Waals surface area (Å²) in [7, 11) is 0. The molecule has 0 aromatic rings. The average Bonchev–Trinajstić information content (AvgIpc) is 2.61. The van der Waals surface area contributed by atoms with E-state index in [1.807, 2.05) is 0 Å². The Morgan fingerprint density at radius 2 is 2.00 bits per heavy atom. The van der Waals surface area contributed by atoms with Crippen LogP contribution in [0.4, 0.5) is 0 Å². The zero-order chi connectivity index (χ0) is 9.64. The lowest BCUT2D eigenvalue weighted by molar-refractivity contribution is 0.189. The zero-order valence-corrected chi connectivity index (χ0v) is 9.34. The van der Waals surface area contributed by atoms with Crippen LogP contribution in [0, 0.1) is 17.3 Å². The Morgan fingerprint density at radius 1 is 1.31 bits per heavy atom. The van der Waals surface area contributed by atoms with Crippen molar-refractivity contribution in [1.82, 2.24) is 0 Å². The van der Waals surface area contributed by atoms with Gasteiger partial charge in [0.1, 0.15) is 0 Å². The highest BCUT2D eigenvalue weighted by Crippen LogP contribution is 2.50. The molecule has 2 aliphatic rings. The molecule has 1 aliphatic heterocycles. The van der Waals surface area contributed by atoms with Gasteiger partial charge in [0.2, 0.25) is 0 Å². The van der Waals surface area contributed by atoms with Crippen LogP contribution in [0.15, 0.2) is 0 Å². The molecule has 0 spiro atoms. The van der Waals surface area contributed by atoms with Gasteiger partial charge in [-0.25, -0.2) is 0 Å². The highest BCUT2D eigenvalue weighted by atomic mass is 16.6. The quantitative estimate of drug-likeness (QED) is 0.597. The van der Waals surface area contributed by atoms with Gasteiger partial charge in [-0.1, -0.05) is 27.7 Å². The highest BCUT2D eigenvalue weighted by molar-refractivity contribution is 5.00. The monoisotopic (exact) mass is 182 g/mol. The lowest BCUT2D eigenvalue weighted by atomic mass is 9.70. The third kappa shape index (κ3) is 2.07. The van der Waals surface area contributed by atoms with Crippen molar-refractivity contribution in [2.45, 2.75) is 59.2 Å². The molecule has 1 nitrogen and oxygen atoms in total. The van der Waals surface area contributed by atoms with E-state index >= 15 is 0 Å². The number of ether oxygens (including phenoxy) is 1. The first-order valence-corrected chi connectivity index (χ1v) is 5.63. The van der Waals surface area contributed by atoms with Gasteiger partial charge >= 0.3 is 0 Å². The minimum Gasteiger partial charge on any atom is -0.369 e. The molecule has 0 N–H and O–H groups in total. The fraction of sp³-hybridized carbons (Fsp3) is 1.00. The fourth-order valence-corrected chi connectivity index (χ4v) is 3.01. The van der Waals surface area contributed by atoms with E-state index in [1.165, 1.54) is 19.3 Å². The van der Waals surface area contributed by atoms with Crippen LogP contribution >= 0.6 is 0 Å². The van der Waals surface area contributed by atoms with Gasteiger partial charge in [-0.15, -0.1) is 0 Å². The van der Waals surface area contributed by atoms with Crippen LogP contribution in [0.25, 0.3) is 0 Å². The maximum Gasteiger partial charge on any atom is 0.0870 e. The number of hydrogen-bond acceptors (Lipinski definition) is 1. The van der Waals surface area contributed by atoms with Crippen molar-refractivity contribution in [2.75, 3.05) is 0 Å². The number of hydrogen-bond donors (Lipinski definition) is 0. The molecule has 76 valence electrons. The summed E-state index contributed by atoms with van der Waals surface area (Å²) < 4.78 is 5.73. The second-order valence-electron chi connectivity index (χ2n) is 6.10. The Morgan fingerprint density at radius 3 is 2.62 bits per heavy atom. The van der Waals surface area contributed by atoms with Crippen LogP contribution in [0.2, 0.25) is 0 Å². The summed E-state index contributed by atoms with van der Waals surface area (Å²) >= 11 is 0. The second kappa shape index (κ2) is 2.98. The Kier molecular flexibility index (Phi) is 2.18. The second-order valence-corrected chi connectivity index (χ2v) is 6.10. The highest BCUT2D eigenvalue weighted by Gasteiger charge is 2.52. The largest absolute Gasteiger partial charge is 0.369 e. The molecule has 1 heterocycles. The first-order valence-electron chi connectivity index (χ1n) is 5.63. The Bertz CT molecular complexity index is 195. The van der Waals surface area contributed by atoms with Crippen molar-refractivity contribution in [1.29, 1.82) is 0 Å². The van der Waals surface area contributed by atoms with E-state index in [9.17, 15) is 0 Å². The van der Waals surface area contributed by atoms with Crippen LogP contribution < -0.4 is 0 Å². The molecule has 1 heteroatoms. The maximum absolute atomic E-state index is 5.73. The molecule has 0 unspecified atom stereocenters. The SMILES string of the molecule is CC(C)C[C@H]1CC(C)(C)C[C@H]2O[C@@H]12. The fourth-order valence-electron chi connectivity index (χ4n) is 3.01. The first-order chi connectivity index (χ1) is 5.98. The van der Waals surface area contributed by atoms with E-state index in [1.54, 1.807) is 0 Å². The summed E-state index contributed by atoms with van der Waals surface area (Å²) in [5.74, 6) is 1.66. The number of rotatable bonds is 2. The molecule has 3 atom stereocenters. The van der Waals surface area contributed by atoms with Crippen molar-refractivity contribution in [3.05, 3.63) is 0 Å². The van der Waals surface area contributed by atoms with E-state index < -0.39 is 0 Å². The van der Waals surface area contributed by atoms with E-state index in [-0.39, 0.29) is 0 Å². The van der Waals surface area contributed by atoms with Crippen molar-refractivity contribution in [3.8, 4) is 0 Å². The first kappa shape index (κ1) is 9.51. The molecule has 0 aromatic carbocycles. The lowest BCUT2D eigenvalue weighted by Gasteiger charge is -2.33. The summed E-state index contributed by atoms with van der Waals surface area (Å²) in [5.41, 5.74) is 0.525. The minimum atomic E-state index is 0.525. The Balaban J connectivity index is 1.96. The number of fused-ring (bicyclic) bond motifs is 1. The van der Waals surface area contributed by atoms with Crippen LogP contribution in [-0.4, -0.2) is 12.2 Å². The van der Waals surface area contributed by atoms with Crippen molar-refractivity contribution >= 4 is 0 Å². The molecule has 2 rings (SSSR count). The van der Waals surface area contributed by atoms with Crippen molar-refractivity contribution < 1.29 is 4.74 Å². The van der Waals surface area contributed by atoms with E-state index in [2.05, 4.69) is 27.7 Å². The Labute approximate surface area is 81.9 Å². The summed E-state index contributed by atoms with van der Waals surface area (Å²) in [5, 5.41) is 0. The third-order valence-electron chi connectivity index (χ3n) is 3.43. The normalized spacial score (nSPS) is 41.8. The molecule has 0 aromatic heterocycles. The molecule has 1 saturated heterocycles. The summed E-state index contributed by atoms with van der Waals surface area (Å²) in [6.45, 7) is 9.41. The minimum absolute atomic E-state index is 0.525. The average molecular weight is 182 g/mol. The zero-order valence-electron chi connectivity index (χ0n) is 9.34. The van der Waals surface area contributed by atoms with Gasteiger partial charge < -0.3 is 4.74 Å². The lowest BCUT2D eigenvalue weighted by Crippen LogP contribution is -2.29. The predicted molar refractivity (Wildman–Crippen MR) is 54.6 cm³/mol. The van der Waals surface area contributed by atoms with Crippen LogP contribution in [0.3, 0.4) is 0 Å². The molecule has 1 saturated carbocycles. The molecular weight excluding hydrogens is 160 g/mol. The summed E-state index contributed by atoms with van der Waals surface area (Å²) in [6, 6.07) is 0. The smallest absolute Gasteiger partial charge is 0.0870 e. The van der Waals surface area contributed by atoms with E-state index in [0.29, 0.717) is 17.6 Å². The molecule has 2 fully saturated rings. The van der Waals surface area contributed by atoms with Crippen LogP contribution in [0.5, 0.6) is 0 Å². The standard InChI is InChI=1S/C12H22O/c1-8(2)5-9-6-12(3,4)7-10-11(9)13-10/h8-11H,5-7H2,1-4H3/t9-,10+,11-/m0/s1. The van der Waals surface area contributed by atoms with Gasteiger partial charge in [0.05, 0.1) is 12.2 Å². The van der Waals surface area contributed by atoms with Gasteiger partial charge in [-0.3, -0.25) is 0 Å². The van der Waals surface area contributed by atoms with Gasteiger partial charge in [0.15, 0.2) is 0 Å². The molecular formula is C12H22O. The van der Waals surface area contributed by atoms with Gasteiger partial charge in [0.25, 0.3) is 0 Å². The molecule has 0 amide bonds. The van der Waals surface area contributed by atoms with Gasteiger partial charge in [-0.05, 0) is 36.5 Å². The summed E-state index contributed by atoms with van der Waals surface area (Å²) in [4.78, 5) is 0. The van der Waals surface area contributed by atoms with E-state index in [4.69, 9.17) is 4.74 Å². The van der Waals surface area contributed by atoms with E-state index in [0.717, 1.165) is 11.8 Å². The Hall–Kier alpha value is -0.0400. The number of epoxide rings is 1. The van der Waals surface area contributed by atoms with Crippen molar-refractivity contribution in [2.24, 2.45) is 17.3 Å². The van der Waals surface area contributed by atoms with Crippen molar-refractivity contribution in [3.63, 3.8) is 0 Å². The molecule has 13 heavy (non-hydrogen) atoms.